The lowest BCUT2D eigenvalue weighted by molar-refractivity contribution is -0.124. The van der Waals surface area contributed by atoms with Gasteiger partial charge in [-0.05, 0) is 25.0 Å². The van der Waals surface area contributed by atoms with Gasteiger partial charge < -0.3 is 13.8 Å². The molecule has 5 heteroatoms. The van der Waals surface area contributed by atoms with Gasteiger partial charge in [-0.1, -0.05) is 6.58 Å². The molecule has 88 valence electrons. The number of unbranched alkanes of at least 4 members (excludes halogenated alkanes) is 1. The first-order valence-corrected chi connectivity index (χ1v) is 6.84. The second kappa shape index (κ2) is 8.64. The highest BCUT2D eigenvalue weighted by atomic mass is 28.3. The number of rotatable bonds is 8. The fourth-order valence-electron chi connectivity index (χ4n) is 1.26. The summed E-state index contributed by atoms with van der Waals surface area (Å²) in [7, 11) is 3.75. The number of carbonyl (C=O) groups is 1. The lowest BCUT2D eigenvalue weighted by Gasteiger charge is -2.15. The predicted molar refractivity (Wildman–Crippen MR) is 63.0 cm³/mol. The molecule has 0 aromatic heterocycles. The molecule has 0 aliphatic rings. The van der Waals surface area contributed by atoms with Crippen molar-refractivity contribution in [3.8, 4) is 0 Å². The third-order valence-electron chi connectivity index (χ3n) is 2.26. The van der Waals surface area contributed by atoms with E-state index in [1.165, 1.54) is 6.08 Å². The molecular weight excluding hydrogens is 210 g/mol. The standard InChI is InChI=1S/C10H21NO3Si/c1-5-10(12)11(2)8-6-7-9-15(13-3)14-4/h5,15H,1,6-9H2,2-4H3. The number of nitrogens with zero attached hydrogens (tertiary/aromatic N) is 1. The fraction of sp³-hybridized carbons (Fsp3) is 0.700. The molecule has 0 saturated carbocycles. The summed E-state index contributed by atoms with van der Waals surface area (Å²) in [5.74, 6) is -0.0257. The van der Waals surface area contributed by atoms with Crippen LogP contribution in [0.4, 0.5) is 0 Å². The van der Waals surface area contributed by atoms with Crippen LogP contribution in [0.1, 0.15) is 12.8 Å². The Bertz CT molecular complexity index is 195. The van der Waals surface area contributed by atoms with Crippen LogP contribution in [0.3, 0.4) is 0 Å². The van der Waals surface area contributed by atoms with E-state index < -0.39 is 9.28 Å². The summed E-state index contributed by atoms with van der Waals surface area (Å²) >= 11 is 0. The Morgan fingerprint density at radius 2 is 2.00 bits per heavy atom. The first-order valence-electron chi connectivity index (χ1n) is 5.08. The van der Waals surface area contributed by atoms with Gasteiger partial charge >= 0.3 is 9.28 Å². The van der Waals surface area contributed by atoms with E-state index in [1.54, 1.807) is 26.2 Å². The van der Waals surface area contributed by atoms with Gasteiger partial charge in [0.2, 0.25) is 5.91 Å². The van der Waals surface area contributed by atoms with Gasteiger partial charge in [0.25, 0.3) is 0 Å². The highest BCUT2D eigenvalue weighted by Crippen LogP contribution is 2.03. The first-order chi connectivity index (χ1) is 7.15. The zero-order valence-electron chi connectivity index (χ0n) is 9.86. The molecule has 0 bridgehead atoms. The highest BCUT2D eigenvalue weighted by molar-refractivity contribution is 6.44. The van der Waals surface area contributed by atoms with Crippen molar-refractivity contribution in [1.82, 2.24) is 4.90 Å². The molecular formula is C10H21NO3Si. The van der Waals surface area contributed by atoms with Crippen LogP contribution in [0, 0.1) is 0 Å². The van der Waals surface area contributed by atoms with Crippen molar-refractivity contribution < 1.29 is 13.6 Å². The molecule has 0 aromatic carbocycles. The molecule has 0 atom stereocenters. The minimum atomic E-state index is -1.41. The van der Waals surface area contributed by atoms with Crippen molar-refractivity contribution in [3.05, 3.63) is 12.7 Å². The van der Waals surface area contributed by atoms with Crippen molar-refractivity contribution in [1.29, 1.82) is 0 Å². The minimum Gasteiger partial charge on any atom is -0.400 e. The summed E-state index contributed by atoms with van der Waals surface area (Å²) in [5, 5.41) is 0. The third-order valence-corrected chi connectivity index (χ3v) is 4.19. The van der Waals surface area contributed by atoms with Gasteiger partial charge in [-0.2, -0.15) is 0 Å². The molecule has 0 aromatic rings. The number of hydrogen-bond acceptors (Lipinski definition) is 3. The Morgan fingerprint density at radius 3 is 2.47 bits per heavy atom. The molecule has 0 heterocycles. The van der Waals surface area contributed by atoms with Crippen molar-refractivity contribution in [2.45, 2.75) is 18.9 Å². The molecule has 0 spiro atoms. The summed E-state index contributed by atoms with van der Waals surface area (Å²) in [4.78, 5) is 12.8. The van der Waals surface area contributed by atoms with Crippen LogP contribution in [0.15, 0.2) is 12.7 Å². The Labute approximate surface area is 93.7 Å². The van der Waals surface area contributed by atoms with Crippen molar-refractivity contribution in [3.63, 3.8) is 0 Å². The molecule has 15 heavy (non-hydrogen) atoms. The summed E-state index contributed by atoms with van der Waals surface area (Å²) in [6.07, 6.45) is 3.35. The Morgan fingerprint density at radius 1 is 1.40 bits per heavy atom. The maximum absolute atomic E-state index is 11.1. The molecule has 0 unspecified atom stereocenters. The van der Waals surface area contributed by atoms with Crippen LogP contribution in [0.5, 0.6) is 0 Å². The average molecular weight is 231 g/mol. The van der Waals surface area contributed by atoms with Gasteiger partial charge in [0.05, 0.1) is 0 Å². The molecule has 0 aliphatic carbocycles. The van der Waals surface area contributed by atoms with E-state index in [9.17, 15) is 4.79 Å². The minimum absolute atomic E-state index is 0.0257. The molecule has 4 nitrogen and oxygen atoms in total. The van der Waals surface area contributed by atoms with Crippen molar-refractivity contribution >= 4 is 15.2 Å². The van der Waals surface area contributed by atoms with E-state index >= 15 is 0 Å². The van der Waals surface area contributed by atoms with Crippen LogP contribution in [-0.4, -0.2) is 47.9 Å². The monoisotopic (exact) mass is 231 g/mol. The molecule has 0 N–H and O–H groups in total. The second-order valence-corrected chi connectivity index (χ2v) is 5.74. The summed E-state index contributed by atoms with van der Waals surface area (Å²) in [6, 6.07) is 0.989. The van der Waals surface area contributed by atoms with Gasteiger partial charge in [-0.25, -0.2) is 0 Å². The number of hydrogen-bond donors (Lipinski definition) is 0. The maximum atomic E-state index is 11.1. The Balaban J connectivity index is 3.53. The number of carbonyl (C=O) groups excluding carboxylic acids is 1. The normalized spacial score (nSPS) is 10.4. The van der Waals surface area contributed by atoms with Crippen LogP contribution in [0.25, 0.3) is 0 Å². The second-order valence-electron chi connectivity index (χ2n) is 3.36. The number of amides is 1. The summed E-state index contributed by atoms with van der Waals surface area (Å²) in [5.41, 5.74) is 0. The van der Waals surface area contributed by atoms with Crippen LogP contribution in [0.2, 0.25) is 6.04 Å². The Hall–Kier alpha value is -0.653. The smallest absolute Gasteiger partial charge is 0.320 e. The maximum Gasteiger partial charge on any atom is 0.320 e. The SMILES string of the molecule is C=CC(=O)N(C)CCCC[SiH](OC)OC. The molecule has 0 rings (SSSR count). The van der Waals surface area contributed by atoms with Crippen molar-refractivity contribution in [2.75, 3.05) is 27.8 Å². The van der Waals surface area contributed by atoms with Gasteiger partial charge in [-0.15, -0.1) is 0 Å². The van der Waals surface area contributed by atoms with Crippen molar-refractivity contribution in [2.24, 2.45) is 0 Å². The lowest BCUT2D eigenvalue weighted by Crippen LogP contribution is -2.26. The largest absolute Gasteiger partial charge is 0.400 e. The summed E-state index contributed by atoms with van der Waals surface area (Å²) in [6.45, 7) is 4.20. The third kappa shape index (κ3) is 6.43. The molecule has 0 aliphatic heterocycles. The van der Waals surface area contributed by atoms with E-state index in [0.717, 1.165) is 25.4 Å². The Kier molecular flexibility index (Phi) is 8.26. The lowest BCUT2D eigenvalue weighted by atomic mass is 10.3. The zero-order chi connectivity index (χ0) is 11.7. The zero-order valence-corrected chi connectivity index (χ0v) is 11.0. The molecule has 1 amide bonds. The van der Waals surface area contributed by atoms with Gasteiger partial charge in [-0.3, -0.25) is 4.79 Å². The molecule has 0 fully saturated rings. The highest BCUT2D eigenvalue weighted by Gasteiger charge is 2.09. The molecule has 0 radical (unpaired) electrons. The van der Waals surface area contributed by atoms with Crippen LogP contribution in [-0.2, 0) is 13.6 Å². The van der Waals surface area contributed by atoms with E-state index in [2.05, 4.69) is 6.58 Å². The van der Waals surface area contributed by atoms with E-state index in [1.807, 2.05) is 0 Å². The van der Waals surface area contributed by atoms with Crippen LogP contribution < -0.4 is 0 Å². The van der Waals surface area contributed by atoms with Crippen LogP contribution >= 0.6 is 0 Å². The predicted octanol–water partition coefficient (Wildman–Crippen LogP) is 0.924. The van der Waals surface area contributed by atoms with Gasteiger partial charge in [0.1, 0.15) is 0 Å². The summed E-state index contributed by atoms with van der Waals surface area (Å²) < 4.78 is 10.4. The van der Waals surface area contributed by atoms with Gasteiger partial charge in [0, 0.05) is 27.8 Å². The topological polar surface area (TPSA) is 38.8 Å². The first kappa shape index (κ1) is 14.3. The number of likely N-dealkylation sites (N-methyl/N-ethyl adjacent to an activating group) is 1. The van der Waals surface area contributed by atoms with E-state index in [4.69, 9.17) is 8.85 Å². The molecule has 0 saturated heterocycles. The van der Waals surface area contributed by atoms with E-state index in [0.29, 0.717) is 0 Å². The quantitative estimate of drug-likeness (QED) is 0.354. The average Bonchev–Trinajstić information content (AvgIpc) is 2.27. The van der Waals surface area contributed by atoms with E-state index in [-0.39, 0.29) is 5.91 Å². The van der Waals surface area contributed by atoms with Gasteiger partial charge in [0.15, 0.2) is 0 Å². The fourth-order valence-corrected chi connectivity index (χ4v) is 2.54.